The van der Waals surface area contributed by atoms with E-state index in [2.05, 4.69) is 14.8 Å². The summed E-state index contributed by atoms with van der Waals surface area (Å²) in [5.41, 5.74) is 1.12. The summed E-state index contributed by atoms with van der Waals surface area (Å²) in [7, 11) is -1.87. The molecule has 3 N–H and O–H groups in total. The van der Waals surface area contributed by atoms with Gasteiger partial charge in [-0.3, -0.25) is 0 Å². The second-order valence-electron chi connectivity index (χ2n) is 5.87. The number of hydrogen-bond donors (Lipinski definition) is 3. The van der Waals surface area contributed by atoms with Gasteiger partial charge in [-0.05, 0) is 44.5 Å². The standard InChI is InChI=1S/C15H25N3O3S/c1-11(2)17-22(19,20)18-15-10-16-9-8-14(15)12-4-6-13(21-3)7-5-12/h4-7,11,14-18H,8-10H2,1-3H3. The fourth-order valence-corrected chi connectivity index (χ4v) is 4.11. The Balaban J connectivity index is 2.13. The molecular weight excluding hydrogens is 302 g/mol. The molecule has 0 radical (unpaired) electrons. The lowest BCUT2D eigenvalue weighted by Crippen LogP contribution is -2.53. The minimum absolute atomic E-state index is 0.131. The molecule has 0 spiro atoms. The molecule has 1 heterocycles. The fraction of sp³-hybridized carbons (Fsp3) is 0.600. The minimum atomic E-state index is -3.50. The summed E-state index contributed by atoms with van der Waals surface area (Å²) < 4.78 is 34.7. The second-order valence-corrected chi connectivity index (χ2v) is 7.35. The van der Waals surface area contributed by atoms with Crippen molar-refractivity contribution in [2.75, 3.05) is 20.2 Å². The maximum absolute atomic E-state index is 12.1. The van der Waals surface area contributed by atoms with Gasteiger partial charge in [-0.25, -0.2) is 0 Å². The van der Waals surface area contributed by atoms with E-state index in [1.54, 1.807) is 21.0 Å². The highest BCUT2D eigenvalue weighted by Gasteiger charge is 2.30. The molecule has 2 unspecified atom stereocenters. The van der Waals surface area contributed by atoms with Crippen molar-refractivity contribution >= 4 is 10.2 Å². The number of rotatable bonds is 6. The van der Waals surface area contributed by atoms with Crippen LogP contribution in [0.5, 0.6) is 5.75 Å². The summed E-state index contributed by atoms with van der Waals surface area (Å²) in [6.45, 7) is 5.11. The molecule has 1 aliphatic heterocycles. The van der Waals surface area contributed by atoms with E-state index in [-0.39, 0.29) is 18.0 Å². The first-order valence-electron chi connectivity index (χ1n) is 7.55. The summed E-state index contributed by atoms with van der Waals surface area (Å²) in [5.74, 6) is 0.951. The summed E-state index contributed by atoms with van der Waals surface area (Å²) in [5, 5.41) is 3.25. The Bertz CT molecular complexity index is 572. The van der Waals surface area contributed by atoms with E-state index < -0.39 is 10.2 Å². The van der Waals surface area contributed by atoms with E-state index in [1.165, 1.54) is 0 Å². The second kappa shape index (κ2) is 7.41. The molecule has 1 aliphatic rings. The van der Waals surface area contributed by atoms with Crippen LogP contribution in [0, 0.1) is 0 Å². The molecule has 1 aromatic rings. The van der Waals surface area contributed by atoms with Crippen LogP contribution in [0.4, 0.5) is 0 Å². The lowest BCUT2D eigenvalue weighted by atomic mass is 9.86. The average molecular weight is 327 g/mol. The third kappa shape index (κ3) is 4.67. The molecule has 124 valence electrons. The van der Waals surface area contributed by atoms with Gasteiger partial charge in [-0.2, -0.15) is 17.9 Å². The highest BCUT2D eigenvalue weighted by molar-refractivity contribution is 7.87. The molecule has 22 heavy (non-hydrogen) atoms. The lowest BCUT2D eigenvalue weighted by molar-refractivity contribution is 0.375. The van der Waals surface area contributed by atoms with E-state index >= 15 is 0 Å². The monoisotopic (exact) mass is 327 g/mol. The quantitative estimate of drug-likeness (QED) is 0.727. The SMILES string of the molecule is COc1ccc(C2CCNCC2NS(=O)(=O)NC(C)C)cc1. The van der Waals surface area contributed by atoms with Crippen molar-refractivity contribution in [3.8, 4) is 5.75 Å². The van der Waals surface area contributed by atoms with Gasteiger partial charge in [0, 0.05) is 24.5 Å². The number of hydrogen-bond acceptors (Lipinski definition) is 4. The van der Waals surface area contributed by atoms with Gasteiger partial charge in [0.05, 0.1) is 7.11 Å². The first-order valence-corrected chi connectivity index (χ1v) is 9.04. The largest absolute Gasteiger partial charge is 0.497 e. The Morgan fingerprint density at radius 1 is 1.27 bits per heavy atom. The number of benzene rings is 1. The van der Waals surface area contributed by atoms with Crippen LogP contribution in [0.3, 0.4) is 0 Å². The van der Waals surface area contributed by atoms with Crippen LogP contribution in [0.15, 0.2) is 24.3 Å². The first-order chi connectivity index (χ1) is 10.4. The van der Waals surface area contributed by atoms with Gasteiger partial charge in [-0.15, -0.1) is 0 Å². The number of ether oxygens (including phenoxy) is 1. The van der Waals surface area contributed by atoms with E-state index in [1.807, 2.05) is 24.3 Å². The number of piperidine rings is 1. The van der Waals surface area contributed by atoms with E-state index in [9.17, 15) is 8.42 Å². The predicted molar refractivity (Wildman–Crippen MR) is 87.3 cm³/mol. The van der Waals surface area contributed by atoms with Crippen molar-refractivity contribution in [2.45, 2.75) is 38.3 Å². The first kappa shape index (κ1) is 17.2. The Kier molecular flexibility index (Phi) is 5.80. The van der Waals surface area contributed by atoms with Gasteiger partial charge in [-0.1, -0.05) is 12.1 Å². The van der Waals surface area contributed by atoms with Crippen LogP contribution in [-0.4, -0.2) is 40.7 Å². The Labute approximate surface area is 132 Å². The van der Waals surface area contributed by atoms with E-state index in [0.717, 1.165) is 24.3 Å². The number of nitrogens with one attached hydrogen (secondary N) is 3. The molecular formula is C15H25N3O3S. The molecule has 0 bridgehead atoms. The van der Waals surface area contributed by atoms with Crippen molar-refractivity contribution in [2.24, 2.45) is 0 Å². The van der Waals surface area contributed by atoms with Crippen molar-refractivity contribution in [1.29, 1.82) is 0 Å². The molecule has 7 heteroatoms. The molecule has 6 nitrogen and oxygen atoms in total. The Morgan fingerprint density at radius 3 is 2.55 bits per heavy atom. The molecule has 0 aliphatic carbocycles. The normalized spacial score (nSPS) is 22.7. The predicted octanol–water partition coefficient (Wildman–Crippen LogP) is 0.973. The third-order valence-electron chi connectivity index (χ3n) is 3.72. The summed E-state index contributed by atoms with van der Waals surface area (Å²) in [6, 6.07) is 7.54. The molecule has 1 aromatic carbocycles. The van der Waals surface area contributed by atoms with Crippen molar-refractivity contribution in [3.05, 3.63) is 29.8 Å². The van der Waals surface area contributed by atoms with Crippen molar-refractivity contribution in [3.63, 3.8) is 0 Å². The van der Waals surface area contributed by atoms with Gasteiger partial charge < -0.3 is 10.1 Å². The van der Waals surface area contributed by atoms with Gasteiger partial charge in [0.15, 0.2) is 0 Å². The summed E-state index contributed by atoms with van der Waals surface area (Å²) in [6.07, 6.45) is 0.890. The molecule has 1 saturated heterocycles. The molecule has 2 atom stereocenters. The van der Waals surface area contributed by atoms with Crippen LogP contribution >= 0.6 is 0 Å². The summed E-state index contributed by atoms with van der Waals surface area (Å²) >= 11 is 0. The maximum Gasteiger partial charge on any atom is 0.277 e. The average Bonchev–Trinajstić information content (AvgIpc) is 2.46. The fourth-order valence-electron chi connectivity index (χ4n) is 2.78. The Morgan fingerprint density at radius 2 is 1.95 bits per heavy atom. The van der Waals surface area contributed by atoms with Crippen LogP contribution in [0.2, 0.25) is 0 Å². The zero-order valence-electron chi connectivity index (χ0n) is 13.3. The minimum Gasteiger partial charge on any atom is -0.497 e. The summed E-state index contributed by atoms with van der Waals surface area (Å²) in [4.78, 5) is 0. The van der Waals surface area contributed by atoms with Crippen LogP contribution in [0.1, 0.15) is 31.7 Å². The van der Waals surface area contributed by atoms with Crippen molar-refractivity contribution in [1.82, 2.24) is 14.8 Å². The van der Waals surface area contributed by atoms with Gasteiger partial charge in [0.1, 0.15) is 5.75 Å². The zero-order valence-corrected chi connectivity index (χ0v) is 14.1. The zero-order chi connectivity index (χ0) is 16.2. The third-order valence-corrected chi connectivity index (χ3v) is 5.12. The van der Waals surface area contributed by atoms with Crippen LogP contribution in [-0.2, 0) is 10.2 Å². The number of methoxy groups -OCH3 is 1. The highest BCUT2D eigenvalue weighted by atomic mass is 32.2. The molecule has 0 aromatic heterocycles. The Hall–Kier alpha value is -1.15. The molecule has 2 rings (SSSR count). The van der Waals surface area contributed by atoms with Crippen LogP contribution < -0.4 is 19.5 Å². The van der Waals surface area contributed by atoms with Gasteiger partial charge in [0.2, 0.25) is 0 Å². The van der Waals surface area contributed by atoms with E-state index in [0.29, 0.717) is 6.54 Å². The maximum atomic E-state index is 12.1. The highest BCUT2D eigenvalue weighted by Crippen LogP contribution is 2.27. The molecule has 1 fully saturated rings. The van der Waals surface area contributed by atoms with Gasteiger partial charge >= 0.3 is 0 Å². The van der Waals surface area contributed by atoms with Gasteiger partial charge in [0.25, 0.3) is 10.2 Å². The molecule has 0 amide bonds. The van der Waals surface area contributed by atoms with Crippen molar-refractivity contribution < 1.29 is 13.2 Å². The topological polar surface area (TPSA) is 79.5 Å². The smallest absolute Gasteiger partial charge is 0.277 e. The lowest BCUT2D eigenvalue weighted by Gasteiger charge is -2.33. The van der Waals surface area contributed by atoms with E-state index in [4.69, 9.17) is 4.74 Å². The van der Waals surface area contributed by atoms with Crippen LogP contribution in [0.25, 0.3) is 0 Å². The molecule has 0 saturated carbocycles.